The second-order valence-electron chi connectivity index (χ2n) is 12.5. The van der Waals surface area contributed by atoms with Gasteiger partial charge in [-0.2, -0.15) is 0 Å². The molecule has 14 aliphatic rings. The largest absolute Gasteiger partial charge is 0.0585 e. The highest BCUT2D eigenvalue weighted by molar-refractivity contribution is 5.46. The van der Waals surface area contributed by atoms with Crippen molar-refractivity contribution >= 4 is 0 Å². The molecular formula is C36H32. The first kappa shape index (κ1) is 20.0. The van der Waals surface area contributed by atoms with Crippen molar-refractivity contribution in [2.24, 2.45) is 0 Å². The maximum Gasteiger partial charge on any atom is -0.00868 e. The van der Waals surface area contributed by atoms with Crippen LogP contribution in [0.5, 0.6) is 0 Å². The molecule has 0 N–H and O–H groups in total. The van der Waals surface area contributed by atoms with E-state index in [1.165, 1.54) is 70.2 Å². The first-order chi connectivity index (χ1) is 17.8. The zero-order valence-corrected chi connectivity index (χ0v) is 20.7. The van der Waals surface area contributed by atoms with Crippen LogP contribution in [0.4, 0.5) is 0 Å². The van der Waals surface area contributed by atoms with Crippen LogP contribution in [0.3, 0.4) is 0 Å². The van der Waals surface area contributed by atoms with Gasteiger partial charge in [0.05, 0.1) is 0 Å². The van der Waals surface area contributed by atoms with Crippen LogP contribution in [-0.4, -0.2) is 0 Å². The Morgan fingerprint density at radius 2 is 0.333 bits per heavy atom. The third kappa shape index (κ3) is 3.20. The van der Waals surface area contributed by atoms with E-state index >= 15 is 0 Å². The molecule has 0 aliphatic heterocycles. The second-order valence-corrected chi connectivity index (χ2v) is 12.5. The molecule has 0 nitrogen and oxygen atoms in total. The number of benzene rings is 4. The third-order valence-corrected chi connectivity index (χ3v) is 10.3. The van der Waals surface area contributed by atoms with Gasteiger partial charge in [0.2, 0.25) is 0 Å². The van der Waals surface area contributed by atoms with Gasteiger partial charge in [-0.1, -0.05) is 97.1 Å². The molecule has 0 heterocycles. The molecule has 4 saturated carbocycles. The molecule has 0 saturated heterocycles. The zero-order valence-electron chi connectivity index (χ0n) is 20.7. The molecule has 4 fully saturated rings. The van der Waals surface area contributed by atoms with Crippen molar-refractivity contribution in [2.75, 3.05) is 0 Å². The Kier molecular flexibility index (Phi) is 4.01. The molecule has 8 bridgehead atoms. The van der Waals surface area contributed by atoms with Crippen LogP contribution in [0.15, 0.2) is 97.1 Å². The summed E-state index contributed by atoms with van der Waals surface area (Å²) in [5, 5.41) is 0. The topological polar surface area (TPSA) is 0 Å². The molecule has 14 aliphatic carbocycles. The minimum atomic E-state index is 0.705. The Labute approximate surface area is 214 Å². The summed E-state index contributed by atoms with van der Waals surface area (Å²) in [6.07, 6.45) is 5.21. The van der Waals surface area contributed by atoms with Gasteiger partial charge in [-0.25, -0.2) is 0 Å². The van der Waals surface area contributed by atoms with Crippen LogP contribution >= 0.6 is 0 Å². The van der Waals surface area contributed by atoms with Crippen LogP contribution in [0.2, 0.25) is 0 Å². The molecular weight excluding hydrogens is 432 g/mol. The fourth-order valence-corrected chi connectivity index (χ4v) is 7.69. The van der Waals surface area contributed by atoms with E-state index in [2.05, 4.69) is 97.1 Å². The van der Waals surface area contributed by atoms with Crippen molar-refractivity contribution in [1.29, 1.82) is 0 Å². The molecule has 0 amide bonds. The van der Waals surface area contributed by atoms with E-state index in [0.29, 0.717) is 47.3 Å². The van der Waals surface area contributed by atoms with Gasteiger partial charge in [-0.3, -0.25) is 0 Å². The number of hydrogen-bond donors (Lipinski definition) is 0. The summed E-state index contributed by atoms with van der Waals surface area (Å²) in [5.74, 6) is 5.64. The van der Waals surface area contributed by atoms with E-state index in [1.807, 2.05) is 0 Å². The normalized spacial score (nSPS) is 34.2. The minimum Gasteiger partial charge on any atom is -0.0585 e. The predicted octanol–water partition coefficient (Wildman–Crippen LogP) is 9.08. The van der Waals surface area contributed by atoms with Crippen molar-refractivity contribution < 1.29 is 0 Å². The lowest BCUT2D eigenvalue weighted by Crippen LogP contribution is -1.91. The summed E-state index contributed by atoms with van der Waals surface area (Å²) >= 11 is 0. The molecule has 4 aromatic carbocycles. The Hall–Kier alpha value is -3.12. The molecule has 0 radical (unpaired) electrons. The first-order valence-electron chi connectivity index (χ1n) is 14.2. The maximum absolute atomic E-state index is 2.43. The standard InChI is InChI=1S/C36H32/c1-2-22-4-3-21(1)29-17-31(29)23-5-7-25(8-6-23)33-19-35(33)27-13-15-28(16-14-27)36-20-34(36)26-11-9-24(10-12-26)32-18-30(22)32/h1-16,29-36H,17-20H2/t29-,30-,31+,32+,33-,34?,35+,36-/m0/s1. The quantitative estimate of drug-likeness (QED) is 0.243. The van der Waals surface area contributed by atoms with Crippen LogP contribution in [0, 0.1) is 0 Å². The fourth-order valence-electron chi connectivity index (χ4n) is 7.69. The molecule has 176 valence electrons. The summed E-state index contributed by atoms with van der Waals surface area (Å²) in [7, 11) is 0. The van der Waals surface area contributed by atoms with E-state index < -0.39 is 0 Å². The van der Waals surface area contributed by atoms with Gasteiger partial charge in [-0.05, 0) is 118 Å². The van der Waals surface area contributed by atoms with Crippen LogP contribution in [0.25, 0.3) is 0 Å². The minimum absolute atomic E-state index is 0.705. The smallest absolute Gasteiger partial charge is 0.00868 e. The summed E-state index contributed by atoms with van der Waals surface area (Å²) in [6.45, 7) is 0. The van der Waals surface area contributed by atoms with Gasteiger partial charge in [0.1, 0.15) is 0 Å². The zero-order chi connectivity index (χ0) is 23.4. The number of hydrogen-bond acceptors (Lipinski definition) is 0. The van der Waals surface area contributed by atoms with E-state index in [4.69, 9.17) is 0 Å². The molecule has 0 aromatic heterocycles. The van der Waals surface area contributed by atoms with Crippen molar-refractivity contribution in [2.45, 2.75) is 73.0 Å². The van der Waals surface area contributed by atoms with Gasteiger partial charge in [0.25, 0.3) is 0 Å². The Bertz CT molecular complexity index is 1100. The Morgan fingerprint density at radius 1 is 0.222 bits per heavy atom. The lowest BCUT2D eigenvalue weighted by molar-refractivity contribution is 0.983. The van der Waals surface area contributed by atoms with E-state index in [0.717, 1.165) is 0 Å². The SMILES string of the molecule is c1cc2ccc1C1C[C@H]1c1ccc(cc1)[C@H]1C[C@H]1c1ccc(cc1)[C@H]1C[C@H]1c1ccc(cc1)[C@@H]1C[C@H]21. The average Bonchev–Trinajstić information content (AvgIpc) is 3.75. The third-order valence-electron chi connectivity index (χ3n) is 10.3. The first-order valence-corrected chi connectivity index (χ1v) is 14.2. The highest BCUT2D eigenvalue weighted by atomic mass is 14.5. The highest BCUT2D eigenvalue weighted by Crippen LogP contribution is 2.60. The van der Waals surface area contributed by atoms with Crippen LogP contribution < -0.4 is 0 Å². The average molecular weight is 465 g/mol. The molecule has 4 aromatic rings. The predicted molar refractivity (Wildman–Crippen MR) is 146 cm³/mol. The Balaban J connectivity index is 1.05. The van der Waals surface area contributed by atoms with E-state index in [-0.39, 0.29) is 0 Å². The van der Waals surface area contributed by atoms with E-state index in [9.17, 15) is 0 Å². The lowest BCUT2D eigenvalue weighted by atomic mass is 9.97. The van der Waals surface area contributed by atoms with Crippen molar-refractivity contribution in [3.63, 3.8) is 0 Å². The summed E-state index contributed by atoms with van der Waals surface area (Å²) in [5.41, 5.74) is 12.3. The molecule has 1 unspecified atom stereocenters. The molecule has 0 spiro atoms. The fraction of sp³-hybridized carbons (Fsp3) is 0.333. The monoisotopic (exact) mass is 464 g/mol. The summed E-state index contributed by atoms with van der Waals surface area (Å²) in [6, 6.07) is 38.9. The van der Waals surface area contributed by atoms with Crippen molar-refractivity contribution in [3.8, 4) is 0 Å². The van der Waals surface area contributed by atoms with Gasteiger partial charge >= 0.3 is 0 Å². The molecule has 0 heteroatoms. The van der Waals surface area contributed by atoms with Gasteiger partial charge in [0, 0.05) is 0 Å². The number of rotatable bonds is 0. The van der Waals surface area contributed by atoms with Crippen LogP contribution in [-0.2, 0) is 0 Å². The summed E-state index contributed by atoms with van der Waals surface area (Å²) < 4.78 is 0. The molecule has 36 heavy (non-hydrogen) atoms. The van der Waals surface area contributed by atoms with Gasteiger partial charge < -0.3 is 0 Å². The van der Waals surface area contributed by atoms with Crippen LogP contribution in [0.1, 0.15) is 118 Å². The molecule has 18 rings (SSSR count). The van der Waals surface area contributed by atoms with Gasteiger partial charge in [-0.15, -0.1) is 0 Å². The van der Waals surface area contributed by atoms with Gasteiger partial charge in [0.15, 0.2) is 0 Å². The molecule has 8 atom stereocenters. The highest BCUT2D eigenvalue weighted by Gasteiger charge is 2.44. The van der Waals surface area contributed by atoms with E-state index in [1.54, 1.807) is 0 Å². The van der Waals surface area contributed by atoms with Crippen molar-refractivity contribution in [3.05, 3.63) is 142 Å². The second kappa shape index (κ2) is 7.22. The summed E-state index contributed by atoms with van der Waals surface area (Å²) in [4.78, 5) is 0. The lowest BCUT2D eigenvalue weighted by Gasteiger charge is -2.08. The Morgan fingerprint density at radius 3 is 0.444 bits per heavy atom. The van der Waals surface area contributed by atoms with Crippen molar-refractivity contribution in [1.82, 2.24) is 0 Å². The maximum atomic E-state index is 2.43.